The van der Waals surface area contributed by atoms with Crippen molar-refractivity contribution in [1.82, 2.24) is 14.5 Å². The minimum atomic E-state index is 0.825. The van der Waals surface area contributed by atoms with Gasteiger partial charge in [-0.15, -0.1) is 5.10 Å². The zero-order chi connectivity index (χ0) is 13.7. The highest BCUT2D eigenvalue weighted by molar-refractivity contribution is 5.79. The van der Waals surface area contributed by atoms with Crippen molar-refractivity contribution in [2.45, 2.75) is 13.8 Å². The minimum Gasteiger partial charge on any atom is -0.287 e. The van der Waals surface area contributed by atoms with E-state index in [0.29, 0.717) is 0 Å². The van der Waals surface area contributed by atoms with Crippen molar-refractivity contribution < 1.29 is 0 Å². The highest BCUT2D eigenvalue weighted by atomic mass is 15.2. The van der Waals surface area contributed by atoms with E-state index in [1.165, 1.54) is 6.34 Å². The van der Waals surface area contributed by atoms with Crippen LogP contribution in [-0.2, 0) is 0 Å². The molecular weight excluding hydrogens is 240 g/mol. The van der Waals surface area contributed by atoms with Crippen LogP contribution in [0, 0.1) is 13.8 Å². The molecule has 0 fully saturated rings. The summed E-state index contributed by atoms with van der Waals surface area (Å²) < 4.78 is 1.94. The SMILES string of the molecule is C=N/C=N\N=C\c1ccc(-n2cnc(C)c2C)nc1. The van der Waals surface area contributed by atoms with E-state index in [9.17, 15) is 0 Å². The quantitative estimate of drug-likeness (QED) is 0.475. The summed E-state index contributed by atoms with van der Waals surface area (Å²) >= 11 is 0. The van der Waals surface area contributed by atoms with Gasteiger partial charge >= 0.3 is 0 Å². The van der Waals surface area contributed by atoms with Gasteiger partial charge in [-0.25, -0.2) is 9.97 Å². The van der Waals surface area contributed by atoms with Crippen LogP contribution in [-0.4, -0.2) is 33.8 Å². The lowest BCUT2D eigenvalue weighted by Crippen LogP contribution is -1.98. The average molecular weight is 254 g/mol. The standard InChI is InChI=1S/C13H14N6/c1-10-11(2)19(9-16-10)13-5-4-12(6-15-13)7-17-18-8-14-3/h4-9H,3H2,1-2H3/b17-7+,18-8-. The van der Waals surface area contributed by atoms with E-state index in [1.54, 1.807) is 18.7 Å². The molecule has 0 radical (unpaired) electrons. The molecule has 96 valence electrons. The predicted octanol–water partition coefficient (Wildman–Crippen LogP) is 1.95. The van der Waals surface area contributed by atoms with Crippen molar-refractivity contribution in [3.63, 3.8) is 0 Å². The molecule has 0 spiro atoms. The largest absolute Gasteiger partial charge is 0.287 e. The molecule has 2 heterocycles. The Bertz CT molecular complexity index is 621. The summed E-state index contributed by atoms with van der Waals surface area (Å²) in [6.07, 6.45) is 6.37. The number of nitrogens with zero attached hydrogens (tertiary/aromatic N) is 6. The van der Waals surface area contributed by atoms with Crippen LogP contribution in [0.4, 0.5) is 0 Å². The molecule has 0 bridgehead atoms. The van der Waals surface area contributed by atoms with Crippen molar-refractivity contribution >= 4 is 19.3 Å². The maximum absolute atomic E-state index is 4.37. The maximum Gasteiger partial charge on any atom is 0.138 e. The first-order chi connectivity index (χ1) is 9.22. The van der Waals surface area contributed by atoms with Crippen molar-refractivity contribution in [3.8, 4) is 5.82 Å². The van der Waals surface area contributed by atoms with Gasteiger partial charge in [-0.3, -0.25) is 9.56 Å². The first kappa shape index (κ1) is 12.8. The van der Waals surface area contributed by atoms with Gasteiger partial charge in [-0.2, -0.15) is 5.10 Å². The number of hydrogen-bond donors (Lipinski definition) is 0. The van der Waals surface area contributed by atoms with Crippen LogP contribution >= 0.6 is 0 Å². The van der Waals surface area contributed by atoms with Gasteiger partial charge < -0.3 is 0 Å². The lowest BCUT2D eigenvalue weighted by Gasteiger charge is -2.04. The molecule has 0 unspecified atom stereocenters. The van der Waals surface area contributed by atoms with Gasteiger partial charge in [0.15, 0.2) is 0 Å². The molecule has 0 atom stereocenters. The fourth-order valence-corrected chi connectivity index (χ4v) is 1.51. The third-order valence-electron chi connectivity index (χ3n) is 2.68. The molecule has 6 heteroatoms. The molecule has 0 aromatic carbocycles. The smallest absolute Gasteiger partial charge is 0.138 e. The Kier molecular flexibility index (Phi) is 3.92. The summed E-state index contributed by atoms with van der Waals surface area (Å²) in [5.41, 5.74) is 2.94. The maximum atomic E-state index is 4.37. The lowest BCUT2D eigenvalue weighted by atomic mass is 10.3. The van der Waals surface area contributed by atoms with Gasteiger partial charge in [0, 0.05) is 17.5 Å². The minimum absolute atomic E-state index is 0.825. The van der Waals surface area contributed by atoms with Crippen molar-refractivity contribution in [1.29, 1.82) is 0 Å². The van der Waals surface area contributed by atoms with Gasteiger partial charge in [0.1, 0.15) is 18.5 Å². The van der Waals surface area contributed by atoms with Crippen molar-refractivity contribution in [3.05, 3.63) is 41.6 Å². The summed E-state index contributed by atoms with van der Waals surface area (Å²) in [5, 5.41) is 7.46. The second-order valence-corrected chi connectivity index (χ2v) is 3.89. The molecule has 19 heavy (non-hydrogen) atoms. The molecule has 2 aromatic heterocycles. The van der Waals surface area contributed by atoms with E-state index >= 15 is 0 Å². The summed E-state index contributed by atoms with van der Waals surface area (Å²) in [7, 11) is 0. The molecular formula is C13H14N6. The molecule has 0 amide bonds. The fourth-order valence-electron chi connectivity index (χ4n) is 1.51. The van der Waals surface area contributed by atoms with Crippen molar-refractivity contribution in [2.24, 2.45) is 15.2 Å². The van der Waals surface area contributed by atoms with Crippen LogP contribution in [0.1, 0.15) is 17.0 Å². The summed E-state index contributed by atoms with van der Waals surface area (Å²) in [6.45, 7) is 7.25. The van der Waals surface area contributed by atoms with Crippen LogP contribution in [0.5, 0.6) is 0 Å². The van der Waals surface area contributed by atoms with Gasteiger partial charge in [0.25, 0.3) is 0 Å². The van der Waals surface area contributed by atoms with E-state index in [1.807, 2.05) is 30.5 Å². The highest BCUT2D eigenvalue weighted by Crippen LogP contribution is 2.11. The van der Waals surface area contributed by atoms with E-state index in [0.717, 1.165) is 22.8 Å². The van der Waals surface area contributed by atoms with Crippen LogP contribution < -0.4 is 0 Å². The monoisotopic (exact) mass is 254 g/mol. The Hall–Kier alpha value is -2.63. The van der Waals surface area contributed by atoms with Crippen LogP contribution in [0.25, 0.3) is 5.82 Å². The van der Waals surface area contributed by atoms with E-state index in [4.69, 9.17) is 0 Å². The molecule has 0 aliphatic rings. The van der Waals surface area contributed by atoms with E-state index in [-0.39, 0.29) is 0 Å². The topological polar surface area (TPSA) is 67.8 Å². The first-order valence-corrected chi connectivity index (χ1v) is 5.70. The lowest BCUT2D eigenvalue weighted by molar-refractivity contribution is 0.950. The summed E-state index contributed by atoms with van der Waals surface area (Å²) in [6, 6.07) is 3.82. The van der Waals surface area contributed by atoms with Crippen LogP contribution in [0.15, 0.2) is 39.9 Å². The number of pyridine rings is 1. The Morgan fingerprint density at radius 3 is 2.63 bits per heavy atom. The fraction of sp³-hybridized carbons (Fsp3) is 0.154. The van der Waals surface area contributed by atoms with E-state index < -0.39 is 0 Å². The zero-order valence-electron chi connectivity index (χ0n) is 10.9. The molecule has 0 saturated heterocycles. The number of hydrogen-bond acceptors (Lipinski definition) is 4. The molecule has 0 aliphatic carbocycles. The Morgan fingerprint density at radius 1 is 1.21 bits per heavy atom. The second-order valence-electron chi connectivity index (χ2n) is 3.89. The van der Waals surface area contributed by atoms with Gasteiger partial charge in [-0.05, 0) is 32.7 Å². The van der Waals surface area contributed by atoms with Crippen LogP contribution in [0.2, 0.25) is 0 Å². The van der Waals surface area contributed by atoms with Gasteiger partial charge in [0.2, 0.25) is 0 Å². The third kappa shape index (κ3) is 2.98. The third-order valence-corrected chi connectivity index (χ3v) is 2.68. The Balaban J connectivity index is 2.19. The van der Waals surface area contributed by atoms with E-state index in [2.05, 4.69) is 31.9 Å². The predicted molar refractivity (Wildman–Crippen MR) is 76.5 cm³/mol. The molecule has 6 nitrogen and oxygen atoms in total. The molecule has 0 aliphatic heterocycles. The zero-order valence-corrected chi connectivity index (χ0v) is 10.9. The number of imidazole rings is 1. The van der Waals surface area contributed by atoms with Crippen LogP contribution in [0.3, 0.4) is 0 Å². The molecule has 0 saturated carbocycles. The molecule has 0 N–H and O–H groups in total. The van der Waals surface area contributed by atoms with Crippen molar-refractivity contribution in [2.75, 3.05) is 0 Å². The Morgan fingerprint density at radius 2 is 2.05 bits per heavy atom. The summed E-state index contributed by atoms with van der Waals surface area (Å²) in [5.74, 6) is 0.825. The number of aryl methyl sites for hydroxylation is 1. The highest BCUT2D eigenvalue weighted by Gasteiger charge is 2.04. The summed E-state index contributed by atoms with van der Waals surface area (Å²) in [4.78, 5) is 12.1. The normalized spacial score (nSPS) is 11.5. The Labute approximate surface area is 111 Å². The first-order valence-electron chi connectivity index (χ1n) is 5.70. The molecule has 2 aromatic rings. The number of aliphatic imine (C=N–C) groups is 1. The second kappa shape index (κ2) is 5.81. The van der Waals surface area contributed by atoms with Gasteiger partial charge in [0.05, 0.1) is 11.9 Å². The number of aromatic nitrogens is 3. The van der Waals surface area contributed by atoms with Gasteiger partial charge in [-0.1, -0.05) is 0 Å². The average Bonchev–Trinajstić information content (AvgIpc) is 2.76. The number of rotatable bonds is 4. The molecule has 2 rings (SSSR count).